The highest BCUT2D eigenvalue weighted by Gasteiger charge is 2.31. The summed E-state index contributed by atoms with van der Waals surface area (Å²) in [4.78, 5) is 0. The van der Waals surface area contributed by atoms with Crippen LogP contribution in [0.1, 0.15) is 31.2 Å². The lowest BCUT2D eigenvalue weighted by Gasteiger charge is -2.33. The van der Waals surface area contributed by atoms with Crippen LogP contribution in [0.4, 0.5) is 5.69 Å². The molecule has 9 nitrogen and oxygen atoms in total. The Balaban J connectivity index is 1.73. The molecule has 1 saturated heterocycles. The SMILES string of the molecule is CS(=O)(=O)N1CCCCC1CCc1ccc(N2C=C(O)NS2(=O)=O)c(O)c1. The van der Waals surface area contributed by atoms with Crippen LogP contribution in [0.15, 0.2) is 30.3 Å². The standard InChI is InChI=1S/C16H23N3O6S2/c1-26(22,23)18-9-3-2-4-13(18)7-5-12-6-8-14(15(20)10-12)19-11-16(21)17-27(19,24)25/h6,8,10-11,13,17,20-21H,2-5,7,9H2,1H3. The van der Waals surface area contributed by atoms with Crippen LogP contribution < -0.4 is 9.03 Å². The van der Waals surface area contributed by atoms with Crippen molar-refractivity contribution in [3.8, 4) is 5.75 Å². The number of aliphatic hydroxyl groups is 1. The molecular weight excluding hydrogens is 394 g/mol. The molecule has 0 spiro atoms. The molecule has 0 aromatic heterocycles. The molecule has 0 aliphatic carbocycles. The number of aryl methyl sites for hydroxylation is 1. The first-order valence-corrected chi connectivity index (χ1v) is 11.9. The van der Waals surface area contributed by atoms with Crippen LogP contribution in [-0.2, 0) is 26.7 Å². The summed E-state index contributed by atoms with van der Waals surface area (Å²) in [5, 5.41) is 19.6. The van der Waals surface area contributed by atoms with E-state index < -0.39 is 26.1 Å². The molecule has 1 aromatic rings. The molecule has 0 amide bonds. The topological polar surface area (TPSA) is 127 Å². The second kappa shape index (κ2) is 7.21. The fraction of sp³-hybridized carbons (Fsp3) is 0.500. The first-order valence-electron chi connectivity index (χ1n) is 8.59. The minimum absolute atomic E-state index is 0.0192. The van der Waals surface area contributed by atoms with Gasteiger partial charge in [-0.1, -0.05) is 12.5 Å². The highest BCUT2D eigenvalue weighted by molar-refractivity contribution is 7.91. The van der Waals surface area contributed by atoms with Crippen LogP contribution in [0, 0.1) is 0 Å². The number of aliphatic hydroxyl groups excluding tert-OH is 1. The molecule has 3 rings (SSSR count). The van der Waals surface area contributed by atoms with E-state index in [1.165, 1.54) is 18.4 Å². The van der Waals surface area contributed by atoms with Gasteiger partial charge in [-0.25, -0.2) is 17.4 Å². The number of sulfonamides is 1. The largest absolute Gasteiger partial charge is 0.506 e. The predicted octanol–water partition coefficient (Wildman–Crippen LogP) is 1.15. The molecule has 1 fully saturated rings. The average Bonchev–Trinajstić information content (AvgIpc) is 2.84. The summed E-state index contributed by atoms with van der Waals surface area (Å²) in [6, 6.07) is 4.52. The van der Waals surface area contributed by atoms with Crippen molar-refractivity contribution in [3.63, 3.8) is 0 Å². The predicted molar refractivity (Wildman–Crippen MR) is 101 cm³/mol. The smallest absolute Gasteiger partial charge is 0.330 e. The number of phenolic OH excluding ortho intramolecular Hbond substituents is 1. The summed E-state index contributed by atoms with van der Waals surface area (Å²) in [7, 11) is -7.22. The molecule has 0 radical (unpaired) electrons. The number of phenols is 1. The van der Waals surface area contributed by atoms with Gasteiger partial charge in [0.2, 0.25) is 15.9 Å². The Morgan fingerprint density at radius 2 is 2.00 bits per heavy atom. The molecule has 0 bridgehead atoms. The fourth-order valence-corrected chi connectivity index (χ4v) is 5.81. The zero-order chi connectivity index (χ0) is 19.8. The highest BCUT2D eigenvalue weighted by atomic mass is 32.2. The van der Waals surface area contributed by atoms with Crippen molar-refractivity contribution in [3.05, 3.63) is 35.8 Å². The van der Waals surface area contributed by atoms with Crippen LogP contribution in [0.2, 0.25) is 0 Å². The Morgan fingerprint density at radius 1 is 1.26 bits per heavy atom. The third-order valence-electron chi connectivity index (χ3n) is 4.77. The molecule has 0 saturated carbocycles. The van der Waals surface area contributed by atoms with Gasteiger partial charge in [-0.15, -0.1) is 0 Å². The van der Waals surface area contributed by atoms with Crippen LogP contribution in [-0.4, -0.2) is 50.2 Å². The molecular formula is C16H23N3O6S2. The molecule has 150 valence electrons. The Labute approximate surface area is 159 Å². The summed E-state index contributed by atoms with van der Waals surface area (Å²) in [6.45, 7) is 0.531. The van der Waals surface area contributed by atoms with Crippen molar-refractivity contribution in [1.29, 1.82) is 0 Å². The Morgan fingerprint density at radius 3 is 2.59 bits per heavy atom. The van der Waals surface area contributed by atoms with Gasteiger partial charge in [-0.05, 0) is 43.4 Å². The number of anilines is 1. The maximum Gasteiger partial charge on any atom is 0.330 e. The molecule has 2 aliphatic rings. The van der Waals surface area contributed by atoms with Gasteiger partial charge in [0.25, 0.3) is 0 Å². The lowest BCUT2D eigenvalue weighted by molar-refractivity contribution is 0.242. The van der Waals surface area contributed by atoms with Crippen molar-refractivity contribution >= 4 is 25.9 Å². The van der Waals surface area contributed by atoms with Crippen molar-refractivity contribution in [2.75, 3.05) is 17.1 Å². The van der Waals surface area contributed by atoms with Crippen molar-refractivity contribution < 1.29 is 27.0 Å². The third kappa shape index (κ3) is 4.30. The molecule has 1 aromatic carbocycles. The van der Waals surface area contributed by atoms with Gasteiger partial charge in [0.15, 0.2) is 0 Å². The van der Waals surface area contributed by atoms with E-state index in [1.54, 1.807) is 10.4 Å². The van der Waals surface area contributed by atoms with E-state index in [9.17, 15) is 27.0 Å². The lowest BCUT2D eigenvalue weighted by atomic mass is 9.97. The van der Waals surface area contributed by atoms with E-state index in [-0.39, 0.29) is 17.5 Å². The number of benzene rings is 1. The number of aromatic hydroxyl groups is 1. The molecule has 11 heteroatoms. The quantitative estimate of drug-likeness (QED) is 0.659. The number of hydrogen-bond donors (Lipinski definition) is 3. The normalized spacial score (nSPS) is 23.1. The van der Waals surface area contributed by atoms with Crippen molar-refractivity contribution in [2.24, 2.45) is 0 Å². The van der Waals surface area contributed by atoms with Crippen molar-refractivity contribution in [1.82, 2.24) is 9.03 Å². The average molecular weight is 418 g/mol. The Kier molecular flexibility index (Phi) is 5.28. The first kappa shape index (κ1) is 19.8. The van der Waals surface area contributed by atoms with Crippen LogP contribution >= 0.6 is 0 Å². The maximum atomic E-state index is 11.9. The van der Waals surface area contributed by atoms with E-state index >= 15 is 0 Å². The molecule has 27 heavy (non-hydrogen) atoms. The highest BCUT2D eigenvalue weighted by Crippen LogP contribution is 2.33. The molecule has 2 aliphatic heterocycles. The summed E-state index contributed by atoms with van der Waals surface area (Å²) in [6.07, 6.45) is 6.01. The van der Waals surface area contributed by atoms with Gasteiger partial charge in [-0.3, -0.25) is 0 Å². The maximum absolute atomic E-state index is 11.9. The van der Waals surface area contributed by atoms with E-state index in [2.05, 4.69) is 0 Å². The van der Waals surface area contributed by atoms with Crippen LogP contribution in [0.3, 0.4) is 0 Å². The van der Waals surface area contributed by atoms with Crippen LogP contribution in [0.5, 0.6) is 5.75 Å². The fourth-order valence-electron chi connectivity index (χ4n) is 3.53. The Bertz CT molecular complexity index is 958. The zero-order valence-electron chi connectivity index (χ0n) is 14.9. The molecule has 1 atom stereocenters. The van der Waals surface area contributed by atoms with E-state index in [0.717, 1.165) is 35.3 Å². The number of piperidine rings is 1. The molecule has 1 unspecified atom stereocenters. The summed E-state index contributed by atoms with van der Waals surface area (Å²) < 4.78 is 51.9. The number of rotatable bonds is 5. The first-order chi connectivity index (χ1) is 12.6. The van der Waals surface area contributed by atoms with Crippen molar-refractivity contribution in [2.45, 2.75) is 38.1 Å². The van der Waals surface area contributed by atoms with Crippen LogP contribution in [0.25, 0.3) is 0 Å². The monoisotopic (exact) mass is 417 g/mol. The number of nitrogens with zero attached hydrogens (tertiary/aromatic N) is 2. The zero-order valence-corrected chi connectivity index (χ0v) is 16.5. The molecule has 3 N–H and O–H groups in total. The van der Waals surface area contributed by atoms with Gasteiger partial charge in [0.1, 0.15) is 11.4 Å². The Hall–Kier alpha value is -1.98. The summed E-state index contributed by atoms with van der Waals surface area (Å²) >= 11 is 0. The summed E-state index contributed by atoms with van der Waals surface area (Å²) in [5.41, 5.74) is 0.791. The second-order valence-electron chi connectivity index (χ2n) is 6.80. The van der Waals surface area contributed by atoms with Gasteiger partial charge < -0.3 is 10.2 Å². The number of nitrogens with one attached hydrogen (secondary N) is 1. The summed E-state index contributed by atoms with van der Waals surface area (Å²) in [5.74, 6) is -0.774. The molecule has 2 heterocycles. The minimum Gasteiger partial charge on any atom is -0.506 e. The van der Waals surface area contributed by atoms with Gasteiger partial charge in [0.05, 0.1) is 12.5 Å². The van der Waals surface area contributed by atoms with E-state index in [0.29, 0.717) is 19.4 Å². The van der Waals surface area contributed by atoms with E-state index in [1.807, 2.05) is 4.72 Å². The van der Waals surface area contributed by atoms with Gasteiger partial charge in [0, 0.05) is 12.6 Å². The second-order valence-corrected chi connectivity index (χ2v) is 10.3. The number of hydrogen-bond acceptors (Lipinski definition) is 6. The van der Waals surface area contributed by atoms with Gasteiger partial charge in [-0.2, -0.15) is 12.7 Å². The minimum atomic E-state index is -3.97. The van der Waals surface area contributed by atoms with Gasteiger partial charge >= 0.3 is 10.2 Å². The lowest BCUT2D eigenvalue weighted by Crippen LogP contribution is -2.43. The van der Waals surface area contributed by atoms with E-state index in [4.69, 9.17) is 0 Å². The third-order valence-corrected chi connectivity index (χ3v) is 7.39.